The third kappa shape index (κ3) is 2.03. The minimum Gasteiger partial charge on any atom is -0.308 e. The molecule has 0 unspecified atom stereocenters. The van der Waals surface area contributed by atoms with Gasteiger partial charge >= 0.3 is 0 Å². The molecule has 0 atom stereocenters. The molecule has 0 aliphatic carbocycles. The van der Waals surface area contributed by atoms with Gasteiger partial charge in [0.25, 0.3) is 0 Å². The SMILES string of the molecule is CC(C)C1=CNNC(C(C)C)=C1. The summed E-state index contributed by atoms with van der Waals surface area (Å²) in [6, 6.07) is 0. The van der Waals surface area contributed by atoms with Crippen LogP contribution in [0.2, 0.25) is 0 Å². The van der Waals surface area contributed by atoms with E-state index in [1.54, 1.807) is 0 Å². The fourth-order valence-electron chi connectivity index (χ4n) is 1.10. The third-order valence-corrected chi connectivity index (χ3v) is 2.07. The van der Waals surface area contributed by atoms with Crippen LogP contribution in [0.5, 0.6) is 0 Å². The van der Waals surface area contributed by atoms with Crippen LogP contribution in [0.25, 0.3) is 0 Å². The summed E-state index contributed by atoms with van der Waals surface area (Å²) >= 11 is 0. The molecule has 2 N–H and O–H groups in total. The number of hydrogen-bond donors (Lipinski definition) is 2. The van der Waals surface area contributed by atoms with Gasteiger partial charge in [-0.15, -0.1) is 0 Å². The van der Waals surface area contributed by atoms with Crippen molar-refractivity contribution in [1.82, 2.24) is 10.9 Å². The molecule has 0 aromatic heterocycles. The van der Waals surface area contributed by atoms with Crippen molar-refractivity contribution in [3.63, 3.8) is 0 Å². The summed E-state index contributed by atoms with van der Waals surface area (Å²) in [6.45, 7) is 8.77. The van der Waals surface area contributed by atoms with Crippen molar-refractivity contribution in [2.45, 2.75) is 27.7 Å². The van der Waals surface area contributed by atoms with E-state index in [1.165, 1.54) is 11.3 Å². The molecule has 68 valence electrons. The Bertz CT molecular complexity index is 212. The van der Waals surface area contributed by atoms with Gasteiger partial charge in [0.15, 0.2) is 0 Å². The Morgan fingerprint density at radius 3 is 2.25 bits per heavy atom. The summed E-state index contributed by atoms with van der Waals surface area (Å²) in [4.78, 5) is 0. The second-order valence-electron chi connectivity index (χ2n) is 3.82. The maximum Gasteiger partial charge on any atom is 0.0342 e. The second kappa shape index (κ2) is 3.65. The first-order chi connectivity index (χ1) is 5.61. The molecule has 1 aliphatic rings. The minimum absolute atomic E-state index is 0.556. The molecular formula is C10H18N2. The summed E-state index contributed by atoms with van der Waals surface area (Å²) in [7, 11) is 0. The van der Waals surface area contributed by atoms with Gasteiger partial charge in [-0.05, 0) is 23.5 Å². The zero-order valence-electron chi connectivity index (χ0n) is 8.31. The average Bonchev–Trinajstić information content (AvgIpc) is 2.04. The summed E-state index contributed by atoms with van der Waals surface area (Å²) in [5, 5.41) is 0. The van der Waals surface area contributed by atoms with E-state index in [-0.39, 0.29) is 0 Å². The molecular weight excluding hydrogens is 148 g/mol. The predicted octanol–water partition coefficient (Wildman–Crippen LogP) is 2.17. The van der Waals surface area contributed by atoms with E-state index >= 15 is 0 Å². The fraction of sp³-hybridized carbons (Fsp3) is 0.600. The highest BCUT2D eigenvalue weighted by molar-refractivity contribution is 5.27. The van der Waals surface area contributed by atoms with Gasteiger partial charge in [0, 0.05) is 11.9 Å². The van der Waals surface area contributed by atoms with E-state index in [4.69, 9.17) is 0 Å². The highest BCUT2D eigenvalue weighted by atomic mass is 15.4. The molecule has 1 heterocycles. The lowest BCUT2D eigenvalue weighted by Crippen LogP contribution is -2.32. The van der Waals surface area contributed by atoms with E-state index in [2.05, 4.69) is 44.6 Å². The molecule has 0 saturated carbocycles. The molecule has 0 saturated heterocycles. The molecule has 1 rings (SSSR count). The topological polar surface area (TPSA) is 24.1 Å². The monoisotopic (exact) mass is 166 g/mol. The highest BCUT2D eigenvalue weighted by Gasteiger charge is 2.09. The molecule has 0 radical (unpaired) electrons. The van der Waals surface area contributed by atoms with E-state index in [1.807, 2.05) is 6.20 Å². The number of allylic oxidation sites excluding steroid dienone is 3. The Balaban J connectivity index is 2.74. The molecule has 0 aromatic rings. The lowest BCUT2D eigenvalue weighted by atomic mass is 9.99. The quantitative estimate of drug-likeness (QED) is 0.657. The van der Waals surface area contributed by atoms with Crippen molar-refractivity contribution in [3.05, 3.63) is 23.5 Å². The van der Waals surface area contributed by atoms with Gasteiger partial charge in [-0.25, -0.2) is 0 Å². The molecule has 0 bridgehead atoms. The molecule has 0 spiro atoms. The van der Waals surface area contributed by atoms with E-state index in [0.717, 1.165) is 0 Å². The summed E-state index contributed by atoms with van der Waals surface area (Å²) < 4.78 is 0. The lowest BCUT2D eigenvalue weighted by molar-refractivity contribution is 0.589. The van der Waals surface area contributed by atoms with E-state index in [9.17, 15) is 0 Å². The van der Waals surface area contributed by atoms with Crippen LogP contribution in [-0.2, 0) is 0 Å². The average molecular weight is 166 g/mol. The Morgan fingerprint density at radius 1 is 1.08 bits per heavy atom. The molecule has 2 heteroatoms. The van der Waals surface area contributed by atoms with Gasteiger partial charge in [-0.2, -0.15) is 0 Å². The van der Waals surface area contributed by atoms with Crippen LogP contribution < -0.4 is 10.9 Å². The zero-order chi connectivity index (χ0) is 9.14. The molecule has 0 amide bonds. The fourth-order valence-corrected chi connectivity index (χ4v) is 1.10. The van der Waals surface area contributed by atoms with Crippen molar-refractivity contribution < 1.29 is 0 Å². The molecule has 1 aliphatic heterocycles. The van der Waals surface area contributed by atoms with Gasteiger partial charge in [-0.1, -0.05) is 27.7 Å². The van der Waals surface area contributed by atoms with Crippen molar-refractivity contribution >= 4 is 0 Å². The lowest BCUT2D eigenvalue weighted by Gasteiger charge is -2.21. The number of rotatable bonds is 2. The largest absolute Gasteiger partial charge is 0.308 e. The molecule has 12 heavy (non-hydrogen) atoms. The Kier molecular flexibility index (Phi) is 2.79. The Hall–Kier alpha value is -0.920. The summed E-state index contributed by atoms with van der Waals surface area (Å²) in [6.07, 6.45) is 4.25. The van der Waals surface area contributed by atoms with Gasteiger partial charge < -0.3 is 10.9 Å². The molecule has 0 fully saturated rings. The van der Waals surface area contributed by atoms with Crippen LogP contribution in [0.4, 0.5) is 0 Å². The van der Waals surface area contributed by atoms with Crippen LogP contribution >= 0.6 is 0 Å². The van der Waals surface area contributed by atoms with Crippen LogP contribution in [0.1, 0.15) is 27.7 Å². The van der Waals surface area contributed by atoms with Crippen molar-refractivity contribution in [3.8, 4) is 0 Å². The number of hydrazine groups is 1. The standard InChI is InChI=1S/C10H18N2/c1-7(2)9-5-10(8(3)4)12-11-6-9/h5-8,11-12H,1-4H3. The van der Waals surface area contributed by atoms with Crippen LogP contribution in [0.15, 0.2) is 23.5 Å². The Morgan fingerprint density at radius 2 is 1.75 bits per heavy atom. The van der Waals surface area contributed by atoms with Gasteiger partial charge in [0.1, 0.15) is 0 Å². The number of hydrogen-bond acceptors (Lipinski definition) is 2. The molecule has 0 aromatic carbocycles. The van der Waals surface area contributed by atoms with Crippen molar-refractivity contribution in [2.24, 2.45) is 11.8 Å². The van der Waals surface area contributed by atoms with E-state index < -0.39 is 0 Å². The summed E-state index contributed by atoms with van der Waals surface area (Å²) in [5.41, 5.74) is 8.83. The van der Waals surface area contributed by atoms with E-state index in [0.29, 0.717) is 11.8 Å². The first-order valence-corrected chi connectivity index (χ1v) is 4.54. The summed E-state index contributed by atoms with van der Waals surface area (Å²) in [5.74, 6) is 1.15. The second-order valence-corrected chi connectivity index (χ2v) is 3.82. The first kappa shape index (κ1) is 9.17. The van der Waals surface area contributed by atoms with Gasteiger partial charge in [0.2, 0.25) is 0 Å². The minimum atomic E-state index is 0.556. The van der Waals surface area contributed by atoms with Crippen LogP contribution in [-0.4, -0.2) is 0 Å². The van der Waals surface area contributed by atoms with Crippen molar-refractivity contribution in [2.75, 3.05) is 0 Å². The highest BCUT2D eigenvalue weighted by Crippen LogP contribution is 2.17. The van der Waals surface area contributed by atoms with Crippen LogP contribution in [0.3, 0.4) is 0 Å². The predicted molar refractivity (Wildman–Crippen MR) is 52.1 cm³/mol. The normalized spacial score (nSPS) is 16.8. The number of nitrogens with one attached hydrogen (secondary N) is 2. The van der Waals surface area contributed by atoms with Crippen molar-refractivity contribution in [1.29, 1.82) is 0 Å². The first-order valence-electron chi connectivity index (χ1n) is 4.54. The Labute approximate surface area is 74.7 Å². The maximum absolute atomic E-state index is 3.14. The zero-order valence-corrected chi connectivity index (χ0v) is 8.31. The molecule has 2 nitrogen and oxygen atoms in total. The van der Waals surface area contributed by atoms with Gasteiger partial charge in [-0.3, -0.25) is 0 Å². The smallest absolute Gasteiger partial charge is 0.0342 e. The maximum atomic E-state index is 3.14. The van der Waals surface area contributed by atoms with Crippen LogP contribution in [0, 0.1) is 11.8 Å². The van der Waals surface area contributed by atoms with Gasteiger partial charge in [0.05, 0.1) is 0 Å². The third-order valence-electron chi connectivity index (χ3n) is 2.07.